The van der Waals surface area contributed by atoms with Gasteiger partial charge in [0, 0.05) is 24.2 Å². The molecule has 1 atom stereocenters. The van der Waals surface area contributed by atoms with Gasteiger partial charge >= 0.3 is 0 Å². The third kappa shape index (κ3) is 4.21. The number of rotatable bonds is 6. The molecule has 0 saturated carbocycles. The maximum Gasteiger partial charge on any atom is 0.222 e. The highest BCUT2D eigenvalue weighted by atomic mass is 32.2. The molecule has 6 nitrogen and oxygen atoms in total. The second-order valence-electron chi connectivity index (χ2n) is 7.34. The van der Waals surface area contributed by atoms with Crippen LogP contribution in [0.4, 0.5) is 0 Å². The van der Waals surface area contributed by atoms with E-state index >= 15 is 0 Å². The molecule has 0 aliphatic carbocycles. The summed E-state index contributed by atoms with van der Waals surface area (Å²) in [4.78, 5) is 0. The Morgan fingerprint density at radius 2 is 1.86 bits per heavy atom. The first kappa shape index (κ1) is 19.7. The van der Waals surface area contributed by atoms with Crippen molar-refractivity contribution in [1.29, 1.82) is 0 Å². The van der Waals surface area contributed by atoms with Crippen molar-refractivity contribution in [3.05, 3.63) is 71.5 Å². The number of hydrogen-bond donors (Lipinski definition) is 0. The first-order chi connectivity index (χ1) is 14.0. The highest BCUT2D eigenvalue weighted by Crippen LogP contribution is 2.36. The Balaban J connectivity index is 1.52. The third-order valence-electron chi connectivity index (χ3n) is 5.29. The molecule has 2 aromatic carbocycles. The summed E-state index contributed by atoms with van der Waals surface area (Å²) in [7, 11) is -1.92. The molecule has 4 rings (SSSR count). The van der Waals surface area contributed by atoms with Crippen LogP contribution in [-0.2, 0) is 15.8 Å². The minimum atomic E-state index is -3.53. The molecule has 1 aliphatic rings. The Bertz CT molecular complexity index is 1070. The zero-order valence-corrected chi connectivity index (χ0v) is 17.4. The highest BCUT2D eigenvalue weighted by molar-refractivity contribution is 7.88. The van der Waals surface area contributed by atoms with Crippen molar-refractivity contribution in [2.45, 2.75) is 31.6 Å². The normalized spacial score (nSPS) is 17.5. The Hall–Kier alpha value is -2.64. The van der Waals surface area contributed by atoms with Crippen molar-refractivity contribution in [1.82, 2.24) is 9.46 Å². The van der Waals surface area contributed by atoms with E-state index in [2.05, 4.69) is 5.16 Å². The number of hydrogen-bond acceptors (Lipinski definition) is 5. The first-order valence-corrected chi connectivity index (χ1v) is 11.2. The number of ether oxygens (including phenoxy) is 1. The van der Waals surface area contributed by atoms with E-state index in [0.29, 0.717) is 18.0 Å². The van der Waals surface area contributed by atoms with Gasteiger partial charge in [-0.25, -0.2) is 8.42 Å². The summed E-state index contributed by atoms with van der Waals surface area (Å²) >= 11 is 0. The molecule has 152 valence electrons. The molecule has 29 heavy (non-hydrogen) atoms. The van der Waals surface area contributed by atoms with Gasteiger partial charge in [-0.15, -0.1) is 0 Å². The SMILES string of the molecule is COc1ccc([C@H]2CCCN2S(=O)(=O)Cc2cc(-c3ccc(C)cc3)no2)cc1. The van der Waals surface area contributed by atoms with Crippen LogP contribution < -0.4 is 4.74 Å². The molecule has 0 radical (unpaired) electrons. The molecule has 0 N–H and O–H groups in total. The van der Waals surface area contributed by atoms with Gasteiger partial charge in [0.2, 0.25) is 10.0 Å². The Kier molecular flexibility index (Phi) is 5.43. The van der Waals surface area contributed by atoms with Gasteiger partial charge in [0.25, 0.3) is 0 Å². The number of nitrogens with zero attached hydrogens (tertiary/aromatic N) is 2. The molecular formula is C22H24N2O4S. The van der Waals surface area contributed by atoms with E-state index in [1.54, 1.807) is 17.5 Å². The summed E-state index contributed by atoms with van der Waals surface area (Å²) in [6.07, 6.45) is 1.64. The molecule has 0 bridgehead atoms. The van der Waals surface area contributed by atoms with E-state index in [0.717, 1.165) is 35.3 Å². The summed E-state index contributed by atoms with van der Waals surface area (Å²) in [6.45, 7) is 2.53. The fourth-order valence-corrected chi connectivity index (χ4v) is 5.42. The number of benzene rings is 2. The molecule has 0 amide bonds. The van der Waals surface area contributed by atoms with Crippen molar-refractivity contribution in [3.8, 4) is 17.0 Å². The summed E-state index contributed by atoms with van der Waals surface area (Å²) in [5.74, 6) is 0.908. The fraction of sp³-hybridized carbons (Fsp3) is 0.318. The lowest BCUT2D eigenvalue weighted by atomic mass is 10.1. The maximum atomic E-state index is 13.1. The first-order valence-electron chi connectivity index (χ1n) is 9.62. The van der Waals surface area contributed by atoms with Crippen LogP contribution in [0.3, 0.4) is 0 Å². The quantitative estimate of drug-likeness (QED) is 0.603. The van der Waals surface area contributed by atoms with E-state index in [1.807, 2.05) is 55.5 Å². The molecule has 7 heteroatoms. The predicted molar refractivity (Wildman–Crippen MR) is 111 cm³/mol. The summed E-state index contributed by atoms with van der Waals surface area (Å²) in [5, 5.41) is 4.05. The number of aromatic nitrogens is 1. The van der Waals surface area contributed by atoms with Gasteiger partial charge in [0.1, 0.15) is 17.2 Å². The molecule has 1 saturated heterocycles. The van der Waals surface area contributed by atoms with Gasteiger partial charge in [-0.1, -0.05) is 47.1 Å². The van der Waals surface area contributed by atoms with Crippen LogP contribution in [0.5, 0.6) is 5.75 Å². The van der Waals surface area contributed by atoms with E-state index in [4.69, 9.17) is 9.26 Å². The largest absolute Gasteiger partial charge is 0.497 e. The molecule has 2 heterocycles. The van der Waals surface area contributed by atoms with E-state index in [9.17, 15) is 8.42 Å². The summed E-state index contributed by atoms with van der Waals surface area (Å²) < 4.78 is 38.4. The van der Waals surface area contributed by atoms with Crippen molar-refractivity contribution in [2.24, 2.45) is 0 Å². The molecule has 3 aromatic rings. The van der Waals surface area contributed by atoms with Crippen LogP contribution >= 0.6 is 0 Å². The van der Waals surface area contributed by atoms with Gasteiger partial charge in [-0.2, -0.15) is 4.31 Å². The van der Waals surface area contributed by atoms with Crippen LogP contribution in [0.25, 0.3) is 11.3 Å². The van der Waals surface area contributed by atoms with Crippen LogP contribution in [-0.4, -0.2) is 31.5 Å². The van der Waals surface area contributed by atoms with Gasteiger partial charge in [0.05, 0.1) is 7.11 Å². The van der Waals surface area contributed by atoms with Crippen LogP contribution in [0.15, 0.2) is 59.1 Å². The smallest absolute Gasteiger partial charge is 0.222 e. The van der Waals surface area contributed by atoms with Gasteiger partial charge < -0.3 is 9.26 Å². The standard InChI is InChI=1S/C22H24N2O4S/c1-16-5-7-17(8-6-16)21-14-20(28-23-21)15-29(25,26)24-13-3-4-22(24)18-9-11-19(27-2)12-10-18/h5-12,14,22H,3-4,13,15H2,1-2H3/t22-/m1/s1. The van der Waals surface area contributed by atoms with Gasteiger partial charge in [0.15, 0.2) is 5.76 Å². The van der Waals surface area contributed by atoms with Gasteiger partial charge in [-0.3, -0.25) is 0 Å². The minimum Gasteiger partial charge on any atom is -0.497 e. The predicted octanol–water partition coefficient (Wildman–Crippen LogP) is 4.33. The summed E-state index contributed by atoms with van der Waals surface area (Å²) in [6, 6.07) is 17.0. The van der Waals surface area contributed by atoms with Crippen molar-refractivity contribution in [3.63, 3.8) is 0 Å². The monoisotopic (exact) mass is 412 g/mol. The lowest BCUT2D eigenvalue weighted by Gasteiger charge is -2.24. The average Bonchev–Trinajstić information content (AvgIpc) is 3.38. The van der Waals surface area contributed by atoms with Crippen molar-refractivity contribution < 1.29 is 17.7 Å². The summed E-state index contributed by atoms with van der Waals surface area (Å²) in [5.41, 5.74) is 3.67. The van der Waals surface area contributed by atoms with Crippen molar-refractivity contribution in [2.75, 3.05) is 13.7 Å². The fourth-order valence-electron chi connectivity index (χ4n) is 3.74. The Labute approximate surface area is 171 Å². The lowest BCUT2D eigenvalue weighted by molar-refractivity contribution is 0.375. The van der Waals surface area contributed by atoms with E-state index < -0.39 is 10.0 Å². The number of sulfonamides is 1. The van der Waals surface area contributed by atoms with Crippen LogP contribution in [0.1, 0.15) is 35.8 Å². The number of methoxy groups -OCH3 is 1. The third-order valence-corrected chi connectivity index (χ3v) is 7.09. The molecular weight excluding hydrogens is 388 g/mol. The second-order valence-corrected chi connectivity index (χ2v) is 9.26. The van der Waals surface area contributed by atoms with Crippen LogP contribution in [0, 0.1) is 6.92 Å². The second kappa shape index (κ2) is 8.00. The zero-order chi connectivity index (χ0) is 20.4. The van der Waals surface area contributed by atoms with E-state index in [1.165, 1.54) is 0 Å². The van der Waals surface area contributed by atoms with Crippen LogP contribution in [0.2, 0.25) is 0 Å². The highest BCUT2D eigenvalue weighted by Gasteiger charge is 2.36. The molecule has 1 aliphatic heterocycles. The molecule has 0 unspecified atom stereocenters. The average molecular weight is 413 g/mol. The van der Waals surface area contributed by atoms with Gasteiger partial charge in [-0.05, 0) is 37.5 Å². The Morgan fingerprint density at radius 1 is 1.14 bits per heavy atom. The minimum absolute atomic E-state index is 0.162. The lowest BCUT2D eigenvalue weighted by Crippen LogP contribution is -2.31. The maximum absolute atomic E-state index is 13.1. The van der Waals surface area contributed by atoms with Crippen molar-refractivity contribution >= 4 is 10.0 Å². The Morgan fingerprint density at radius 3 is 2.55 bits per heavy atom. The topological polar surface area (TPSA) is 72.6 Å². The van der Waals surface area contributed by atoms with E-state index in [-0.39, 0.29) is 11.8 Å². The zero-order valence-electron chi connectivity index (χ0n) is 16.5. The molecule has 0 spiro atoms. The number of aryl methyl sites for hydroxylation is 1. The molecule has 1 aromatic heterocycles. The molecule has 1 fully saturated rings.